The van der Waals surface area contributed by atoms with Crippen LogP contribution in [0.4, 0.5) is 10.6 Å². The number of rotatable bonds is 3. The second kappa shape index (κ2) is 6.07. The van der Waals surface area contributed by atoms with E-state index in [1.54, 1.807) is 6.20 Å². The Morgan fingerprint density at radius 1 is 1.45 bits per heavy atom. The molecule has 1 rings (SSSR count). The number of carbonyl (C=O) groups is 1. The minimum Gasteiger partial charge on any atom is -0.465 e. The van der Waals surface area contributed by atoms with Crippen LogP contribution in [0.15, 0.2) is 18.3 Å². The Morgan fingerprint density at radius 2 is 2.05 bits per heavy atom. The van der Waals surface area contributed by atoms with Gasteiger partial charge in [-0.2, -0.15) is 0 Å². The zero-order valence-corrected chi connectivity index (χ0v) is 13.2. The number of hydrogen-bond donors (Lipinski definition) is 1. The molecule has 0 bridgehead atoms. The Balaban J connectivity index is 3.31. The van der Waals surface area contributed by atoms with Crippen molar-refractivity contribution in [1.29, 1.82) is 0 Å². The van der Waals surface area contributed by atoms with Gasteiger partial charge in [-0.15, -0.1) is 0 Å². The first-order valence-corrected chi connectivity index (χ1v) is 6.87. The summed E-state index contributed by atoms with van der Waals surface area (Å²) < 4.78 is 0. The van der Waals surface area contributed by atoms with Gasteiger partial charge >= 0.3 is 6.09 Å². The first-order valence-electron chi connectivity index (χ1n) is 6.87. The summed E-state index contributed by atoms with van der Waals surface area (Å²) in [6, 6.07) is 2.00. The van der Waals surface area contributed by atoms with Crippen molar-refractivity contribution in [2.75, 3.05) is 4.90 Å². The smallest absolute Gasteiger partial charge is 0.413 e. The molecule has 0 unspecified atom stereocenters. The molecule has 1 amide bonds. The summed E-state index contributed by atoms with van der Waals surface area (Å²) in [6.07, 6.45) is 3.76. The predicted molar refractivity (Wildman–Crippen MR) is 83.2 cm³/mol. The molecule has 1 aromatic heterocycles. The molecule has 1 heterocycles. The molecule has 0 saturated heterocycles. The first-order chi connectivity index (χ1) is 9.22. The van der Waals surface area contributed by atoms with E-state index in [-0.39, 0.29) is 0 Å². The van der Waals surface area contributed by atoms with Crippen molar-refractivity contribution in [2.45, 2.75) is 53.5 Å². The number of anilines is 1. The van der Waals surface area contributed by atoms with Crippen molar-refractivity contribution in [3.8, 4) is 0 Å². The average molecular weight is 276 g/mol. The monoisotopic (exact) mass is 276 g/mol. The number of carboxylic acid groups (broad SMARTS) is 1. The first kappa shape index (κ1) is 16.2. The molecule has 1 aromatic rings. The molecule has 110 valence electrons. The van der Waals surface area contributed by atoms with Gasteiger partial charge in [0.05, 0.1) is 0 Å². The van der Waals surface area contributed by atoms with Crippen LogP contribution >= 0.6 is 0 Å². The standard InChI is InChI=1S/C16H24N2O2/c1-7-12(8-2)13-9-11(3)14(17-10-13)18(15(19)20)16(4,5)6/h7,9-10H,8H2,1-6H3,(H,19,20). The zero-order valence-electron chi connectivity index (χ0n) is 13.2. The Kier molecular flexibility index (Phi) is 4.93. The molecule has 20 heavy (non-hydrogen) atoms. The van der Waals surface area contributed by atoms with E-state index < -0.39 is 11.6 Å². The molecule has 4 nitrogen and oxygen atoms in total. The Morgan fingerprint density at radius 3 is 2.40 bits per heavy atom. The van der Waals surface area contributed by atoms with Gasteiger partial charge in [0.1, 0.15) is 5.82 Å². The van der Waals surface area contributed by atoms with Gasteiger partial charge in [0, 0.05) is 11.7 Å². The minimum atomic E-state index is -0.984. The molecule has 0 aliphatic carbocycles. The van der Waals surface area contributed by atoms with Crippen LogP contribution in [0.1, 0.15) is 52.2 Å². The van der Waals surface area contributed by atoms with Crippen LogP contribution in [-0.2, 0) is 0 Å². The Hall–Kier alpha value is -1.84. The summed E-state index contributed by atoms with van der Waals surface area (Å²) in [5.41, 5.74) is 2.60. The Bertz CT molecular complexity index is 528. The molecule has 0 atom stereocenters. The third-order valence-corrected chi connectivity index (χ3v) is 3.22. The second-order valence-electron chi connectivity index (χ2n) is 5.82. The van der Waals surface area contributed by atoms with Crippen LogP contribution in [0.2, 0.25) is 0 Å². The molecular formula is C16H24N2O2. The van der Waals surface area contributed by atoms with Crippen molar-refractivity contribution < 1.29 is 9.90 Å². The van der Waals surface area contributed by atoms with Crippen LogP contribution < -0.4 is 4.90 Å². The lowest BCUT2D eigenvalue weighted by Crippen LogP contribution is -2.46. The normalized spacial score (nSPS) is 12.4. The molecule has 4 heteroatoms. The van der Waals surface area contributed by atoms with E-state index in [1.807, 2.05) is 40.7 Å². The quantitative estimate of drug-likeness (QED) is 0.885. The van der Waals surface area contributed by atoms with E-state index in [4.69, 9.17) is 0 Å². The lowest BCUT2D eigenvalue weighted by Gasteiger charge is -2.33. The number of nitrogens with zero attached hydrogens (tertiary/aromatic N) is 2. The maximum Gasteiger partial charge on any atom is 0.413 e. The number of aryl methyl sites for hydroxylation is 1. The predicted octanol–water partition coefficient (Wildman–Crippen LogP) is 4.49. The summed E-state index contributed by atoms with van der Waals surface area (Å²) in [4.78, 5) is 17.2. The van der Waals surface area contributed by atoms with Crippen molar-refractivity contribution in [1.82, 2.24) is 4.98 Å². The van der Waals surface area contributed by atoms with E-state index >= 15 is 0 Å². The van der Waals surface area contributed by atoms with Gasteiger partial charge in [0.2, 0.25) is 0 Å². The summed E-state index contributed by atoms with van der Waals surface area (Å²) in [6.45, 7) is 11.6. The van der Waals surface area contributed by atoms with Crippen LogP contribution in [0.3, 0.4) is 0 Å². The molecule has 0 spiro atoms. The molecule has 1 N–H and O–H groups in total. The fourth-order valence-corrected chi connectivity index (χ4v) is 2.25. The van der Waals surface area contributed by atoms with Gasteiger partial charge in [0.15, 0.2) is 0 Å². The summed E-state index contributed by atoms with van der Waals surface area (Å²) in [5, 5.41) is 9.43. The molecule has 0 radical (unpaired) electrons. The van der Waals surface area contributed by atoms with Crippen LogP contribution in [0, 0.1) is 6.92 Å². The highest BCUT2D eigenvalue weighted by Gasteiger charge is 2.30. The molecule has 0 saturated carbocycles. The van der Waals surface area contributed by atoms with E-state index in [0.29, 0.717) is 5.82 Å². The highest BCUT2D eigenvalue weighted by Crippen LogP contribution is 2.28. The van der Waals surface area contributed by atoms with Gasteiger partial charge in [-0.05, 0) is 63.8 Å². The molecular weight excluding hydrogens is 252 g/mol. The van der Waals surface area contributed by atoms with Crippen LogP contribution in [0.5, 0.6) is 0 Å². The van der Waals surface area contributed by atoms with Gasteiger partial charge in [-0.1, -0.05) is 13.0 Å². The SMILES string of the molecule is CC=C(CC)c1cnc(N(C(=O)O)C(C)(C)C)c(C)c1. The summed E-state index contributed by atoms with van der Waals surface area (Å²) in [5.74, 6) is 0.500. The third-order valence-electron chi connectivity index (χ3n) is 3.22. The second-order valence-corrected chi connectivity index (χ2v) is 5.82. The van der Waals surface area contributed by atoms with Gasteiger partial charge in [-0.3, -0.25) is 4.90 Å². The van der Waals surface area contributed by atoms with E-state index in [1.165, 1.54) is 10.5 Å². The number of hydrogen-bond acceptors (Lipinski definition) is 2. The maximum atomic E-state index is 11.5. The van der Waals surface area contributed by atoms with Crippen LogP contribution in [0.25, 0.3) is 5.57 Å². The van der Waals surface area contributed by atoms with Crippen molar-refractivity contribution >= 4 is 17.5 Å². The van der Waals surface area contributed by atoms with E-state index in [0.717, 1.165) is 17.5 Å². The third kappa shape index (κ3) is 3.38. The number of allylic oxidation sites excluding steroid dienone is 2. The van der Waals surface area contributed by atoms with Crippen molar-refractivity contribution in [3.05, 3.63) is 29.5 Å². The number of aromatic nitrogens is 1. The van der Waals surface area contributed by atoms with Gasteiger partial charge in [0.25, 0.3) is 0 Å². The number of pyridine rings is 1. The van der Waals surface area contributed by atoms with E-state index in [9.17, 15) is 9.90 Å². The lowest BCUT2D eigenvalue weighted by atomic mass is 10.0. The maximum absolute atomic E-state index is 11.5. The van der Waals surface area contributed by atoms with Gasteiger partial charge in [-0.25, -0.2) is 9.78 Å². The number of amides is 1. The van der Waals surface area contributed by atoms with Crippen molar-refractivity contribution in [2.24, 2.45) is 0 Å². The fraction of sp³-hybridized carbons (Fsp3) is 0.500. The largest absolute Gasteiger partial charge is 0.465 e. The molecule has 0 fully saturated rings. The highest BCUT2D eigenvalue weighted by atomic mass is 16.4. The van der Waals surface area contributed by atoms with E-state index in [2.05, 4.69) is 18.0 Å². The zero-order chi connectivity index (χ0) is 15.5. The summed E-state index contributed by atoms with van der Waals surface area (Å²) >= 11 is 0. The molecule has 0 aromatic carbocycles. The lowest BCUT2D eigenvalue weighted by molar-refractivity contribution is 0.195. The fourth-order valence-electron chi connectivity index (χ4n) is 2.25. The highest BCUT2D eigenvalue weighted by molar-refractivity contribution is 5.87. The minimum absolute atomic E-state index is 0.500. The summed E-state index contributed by atoms with van der Waals surface area (Å²) in [7, 11) is 0. The average Bonchev–Trinajstić information content (AvgIpc) is 2.31. The Labute approximate surface area is 121 Å². The molecule has 0 aliphatic heterocycles. The molecule has 0 aliphatic rings. The van der Waals surface area contributed by atoms with Crippen molar-refractivity contribution in [3.63, 3.8) is 0 Å². The van der Waals surface area contributed by atoms with Crippen LogP contribution in [-0.4, -0.2) is 21.7 Å². The topological polar surface area (TPSA) is 53.4 Å². The van der Waals surface area contributed by atoms with Gasteiger partial charge < -0.3 is 5.11 Å².